The lowest BCUT2D eigenvalue weighted by Crippen LogP contribution is -2.33. The van der Waals surface area contributed by atoms with Crippen LogP contribution >= 0.6 is 15.9 Å². The smallest absolute Gasteiger partial charge is 0.139 e. The fourth-order valence-corrected chi connectivity index (χ4v) is 2.92. The molecule has 0 saturated carbocycles. The Bertz CT molecular complexity index is 542. The summed E-state index contributed by atoms with van der Waals surface area (Å²) in [6.07, 6.45) is 2.41. The van der Waals surface area contributed by atoms with E-state index in [4.69, 9.17) is 0 Å². The van der Waals surface area contributed by atoms with Crippen molar-refractivity contribution in [2.24, 2.45) is 5.92 Å². The monoisotopic (exact) mass is 311 g/mol. The van der Waals surface area contributed by atoms with Gasteiger partial charge in [-0.1, -0.05) is 6.92 Å². The average molecular weight is 312 g/mol. The highest BCUT2D eigenvalue weighted by atomic mass is 79.9. The number of aromatic nitrogens is 2. The molecule has 0 radical (unpaired) electrons. The molecule has 0 amide bonds. The normalized spacial score (nSPS) is 24.6. The molecule has 1 fully saturated rings. The number of imidazole rings is 1. The summed E-state index contributed by atoms with van der Waals surface area (Å²) >= 11 is 3.19. The van der Waals surface area contributed by atoms with Gasteiger partial charge in [0.2, 0.25) is 0 Å². The number of hydrogen-bond acceptors (Lipinski definition) is 2. The minimum atomic E-state index is -0.262. The van der Waals surface area contributed by atoms with Gasteiger partial charge in [-0.3, -0.25) is 0 Å². The second kappa shape index (κ2) is 4.63. The SMILES string of the molecule is CC1CCCNC1c1nc2cc(Br)c(F)cc2[nH]1. The molecule has 0 spiro atoms. The Hall–Kier alpha value is -0.940. The lowest BCUT2D eigenvalue weighted by Gasteiger charge is -2.28. The number of halogens is 2. The summed E-state index contributed by atoms with van der Waals surface area (Å²) in [5.41, 5.74) is 1.56. The van der Waals surface area contributed by atoms with Gasteiger partial charge in [0.25, 0.3) is 0 Å². The summed E-state index contributed by atoms with van der Waals surface area (Å²) < 4.78 is 13.9. The summed E-state index contributed by atoms with van der Waals surface area (Å²) in [6, 6.07) is 3.45. The van der Waals surface area contributed by atoms with Crippen LogP contribution in [0.2, 0.25) is 0 Å². The topological polar surface area (TPSA) is 40.7 Å². The maximum Gasteiger partial charge on any atom is 0.139 e. The summed E-state index contributed by atoms with van der Waals surface area (Å²) in [5.74, 6) is 1.20. The molecule has 18 heavy (non-hydrogen) atoms. The Morgan fingerprint density at radius 1 is 1.44 bits per heavy atom. The second-order valence-corrected chi connectivity index (χ2v) is 5.81. The van der Waals surface area contributed by atoms with E-state index in [1.807, 2.05) is 0 Å². The van der Waals surface area contributed by atoms with Crippen molar-refractivity contribution in [3.05, 3.63) is 28.2 Å². The third-order valence-corrected chi connectivity index (χ3v) is 4.21. The van der Waals surface area contributed by atoms with Gasteiger partial charge in [0.15, 0.2) is 0 Å². The fraction of sp³-hybridized carbons (Fsp3) is 0.462. The molecule has 0 bridgehead atoms. The molecule has 3 rings (SSSR count). The van der Waals surface area contributed by atoms with Crippen molar-refractivity contribution < 1.29 is 4.39 Å². The van der Waals surface area contributed by atoms with Gasteiger partial charge in [-0.05, 0) is 47.3 Å². The van der Waals surface area contributed by atoms with Gasteiger partial charge >= 0.3 is 0 Å². The van der Waals surface area contributed by atoms with Gasteiger partial charge in [0, 0.05) is 6.07 Å². The standard InChI is InChI=1S/C13H15BrFN3/c1-7-3-2-4-16-12(7)13-17-10-5-8(14)9(15)6-11(10)18-13/h5-7,12,16H,2-4H2,1H3,(H,17,18). The van der Waals surface area contributed by atoms with E-state index in [1.54, 1.807) is 6.07 Å². The van der Waals surface area contributed by atoms with Crippen molar-refractivity contribution in [2.75, 3.05) is 6.54 Å². The highest BCUT2D eigenvalue weighted by molar-refractivity contribution is 9.10. The highest BCUT2D eigenvalue weighted by Crippen LogP contribution is 2.29. The predicted octanol–water partition coefficient (Wildman–Crippen LogP) is 3.53. The van der Waals surface area contributed by atoms with Gasteiger partial charge < -0.3 is 10.3 Å². The van der Waals surface area contributed by atoms with Crippen LogP contribution in [0.15, 0.2) is 16.6 Å². The molecule has 2 aromatic rings. The Morgan fingerprint density at radius 3 is 3.06 bits per heavy atom. The van der Waals surface area contributed by atoms with Crippen molar-refractivity contribution >= 4 is 27.0 Å². The lowest BCUT2D eigenvalue weighted by atomic mass is 9.92. The summed E-state index contributed by atoms with van der Waals surface area (Å²) in [7, 11) is 0. The molecule has 1 aromatic carbocycles. The van der Waals surface area contributed by atoms with Crippen LogP contribution in [-0.2, 0) is 0 Å². The Labute approximate surface area is 113 Å². The van der Waals surface area contributed by atoms with Crippen LogP contribution in [0.1, 0.15) is 31.6 Å². The Morgan fingerprint density at radius 2 is 2.28 bits per heavy atom. The molecule has 1 aliphatic heterocycles. The zero-order chi connectivity index (χ0) is 12.7. The van der Waals surface area contributed by atoms with E-state index in [1.165, 1.54) is 18.9 Å². The number of aromatic amines is 1. The maximum absolute atomic E-state index is 13.5. The quantitative estimate of drug-likeness (QED) is 0.846. The van der Waals surface area contributed by atoms with Gasteiger partial charge in [-0.15, -0.1) is 0 Å². The third kappa shape index (κ3) is 2.06. The molecule has 0 aliphatic carbocycles. The number of nitrogens with one attached hydrogen (secondary N) is 2. The van der Waals surface area contributed by atoms with Crippen molar-refractivity contribution in [1.29, 1.82) is 0 Å². The zero-order valence-corrected chi connectivity index (χ0v) is 11.7. The van der Waals surface area contributed by atoms with Crippen LogP contribution < -0.4 is 5.32 Å². The molecular weight excluding hydrogens is 297 g/mol. The minimum Gasteiger partial charge on any atom is -0.341 e. The molecule has 2 atom stereocenters. The van der Waals surface area contributed by atoms with Crippen molar-refractivity contribution in [3.63, 3.8) is 0 Å². The molecule has 2 unspecified atom stereocenters. The third-order valence-electron chi connectivity index (χ3n) is 3.61. The van der Waals surface area contributed by atoms with Crippen LogP contribution in [0.4, 0.5) is 4.39 Å². The number of H-pyrrole nitrogens is 1. The number of benzene rings is 1. The second-order valence-electron chi connectivity index (χ2n) is 4.96. The highest BCUT2D eigenvalue weighted by Gasteiger charge is 2.25. The van der Waals surface area contributed by atoms with Crippen LogP contribution in [0.25, 0.3) is 11.0 Å². The number of nitrogens with zero attached hydrogens (tertiary/aromatic N) is 1. The zero-order valence-electron chi connectivity index (χ0n) is 10.1. The van der Waals surface area contributed by atoms with Crippen molar-refractivity contribution in [2.45, 2.75) is 25.8 Å². The van der Waals surface area contributed by atoms with E-state index in [9.17, 15) is 4.39 Å². The molecule has 2 N–H and O–H groups in total. The molecule has 96 valence electrons. The van der Waals surface area contributed by atoms with Crippen molar-refractivity contribution in [1.82, 2.24) is 15.3 Å². The number of fused-ring (bicyclic) bond motifs is 1. The van der Waals surface area contributed by atoms with Gasteiger partial charge in [0.05, 0.1) is 21.5 Å². The first-order valence-corrected chi connectivity index (χ1v) is 7.02. The molecule has 1 saturated heterocycles. The van der Waals surface area contributed by atoms with Crippen LogP contribution in [-0.4, -0.2) is 16.5 Å². The molecular formula is C13H15BrFN3. The van der Waals surface area contributed by atoms with Gasteiger partial charge in [0.1, 0.15) is 11.6 Å². The van der Waals surface area contributed by atoms with E-state index in [0.717, 1.165) is 23.4 Å². The molecule has 5 heteroatoms. The first-order chi connectivity index (χ1) is 8.65. The largest absolute Gasteiger partial charge is 0.341 e. The summed E-state index contributed by atoms with van der Waals surface area (Å²) in [5, 5.41) is 3.48. The lowest BCUT2D eigenvalue weighted by molar-refractivity contribution is 0.296. The van der Waals surface area contributed by atoms with Crippen LogP contribution in [0, 0.1) is 11.7 Å². The van der Waals surface area contributed by atoms with Gasteiger partial charge in [-0.2, -0.15) is 0 Å². The first kappa shape index (κ1) is 12.1. The number of piperidine rings is 1. The Kier molecular flexibility index (Phi) is 3.11. The summed E-state index contributed by atoms with van der Waals surface area (Å²) in [6.45, 7) is 3.24. The predicted molar refractivity (Wildman–Crippen MR) is 72.9 cm³/mol. The Balaban J connectivity index is 2.02. The fourth-order valence-electron chi connectivity index (χ4n) is 2.59. The van der Waals surface area contributed by atoms with Gasteiger partial charge in [-0.25, -0.2) is 9.37 Å². The molecule has 3 nitrogen and oxygen atoms in total. The van der Waals surface area contributed by atoms with E-state index in [2.05, 4.69) is 38.1 Å². The molecule has 1 aliphatic rings. The van der Waals surface area contributed by atoms with E-state index in [0.29, 0.717) is 10.4 Å². The van der Waals surface area contributed by atoms with Crippen LogP contribution in [0.5, 0.6) is 0 Å². The number of hydrogen-bond donors (Lipinski definition) is 2. The summed E-state index contributed by atoms with van der Waals surface area (Å²) in [4.78, 5) is 7.80. The maximum atomic E-state index is 13.5. The average Bonchev–Trinajstić information content (AvgIpc) is 2.73. The molecule has 2 heterocycles. The van der Waals surface area contributed by atoms with Crippen LogP contribution in [0.3, 0.4) is 0 Å². The van der Waals surface area contributed by atoms with Crippen molar-refractivity contribution in [3.8, 4) is 0 Å². The first-order valence-electron chi connectivity index (χ1n) is 6.23. The number of rotatable bonds is 1. The van der Waals surface area contributed by atoms with E-state index < -0.39 is 0 Å². The minimum absolute atomic E-state index is 0.244. The molecule has 1 aromatic heterocycles. The van der Waals surface area contributed by atoms with E-state index >= 15 is 0 Å². The van der Waals surface area contributed by atoms with E-state index in [-0.39, 0.29) is 11.9 Å².